The number of hydrogen-bond donors (Lipinski definition) is 2. The second-order valence-electron chi connectivity index (χ2n) is 2.49. The van der Waals surface area contributed by atoms with Gasteiger partial charge < -0.3 is 5.32 Å². The number of thiol groups is 1. The molecule has 0 heterocycles. The highest BCUT2D eigenvalue weighted by Crippen LogP contribution is 2.09. The van der Waals surface area contributed by atoms with Crippen LogP contribution < -0.4 is 5.32 Å². The van der Waals surface area contributed by atoms with E-state index >= 15 is 0 Å². The minimum atomic E-state index is -0.0895. The first-order valence-electron chi connectivity index (χ1n) is 3.53. The first kappa shape index (κ1) is 9.98. The van der Waals surface area contributed by atoms with E-state index in [0.717, 1.165) is 6.42 Å². The van der Waals surface area contributed by atoms with Gasteiger partial charge in [-0.2, -0.15) is 0 Å². The number of likely N-dealkylation sites (N-methyl/N-ethyl adjacent to an activating group) is 1. The average molecular weight is 161 g/mol. The van der Waals surface area contributed by atoms with Crippen molar-refractivity contribution in [3.05, 3.63) is 0 Å². The Morgan fingerprint density at radius 3 is 2.30 bits per heavy atom. The van der Waals surface area contributed by atoms with E-state index in [1.807, 2.05) is 6.92 Å². The Bertz CT molecular complexity index is 116. The lowest BCUT2D eigenvalue weighted by Gasteiger charge is -2.17. The normalized spacial score (nSPS) is 16.4. The van der Waals surface area contributed by atoms with Gasteiger partial charge in [0.1, 0.15) is 0 Å². The molecule has 1 unspecified atom stereocenters. The van der Waals surface area contributed by atoms with Crippen molar-refractivity contribution in [2.24, 2.45) is 5.92 Å². The van der Waals surface area contributed by atoms with E-state index in [1.54, 1.807) is 7.05 Å². The van der Waals surface area contributed by atoms with Crippen molar-refractivity contribution >= 4 is 17.7 Å². The van der Waals surface area contributed by atoms with Crippen molar-refractivity contribution in [3.63, 3.8) is 0 Å². The number of hydrogen-bond acceptors (Lipinski definition) is 2. The van der Waals surface area contributed by atoms with Gasteiger partial charge in [0.25, 0.3) is 0 Å². The molecule has 0 spiro atoms. The third-order valence-corrected chi connectivity index (χ3v) is 2.07. The van der Waals surface area contributed by atoms with Crippen LogP contribution in [-0.4, -0.2) is 18.2 Å². The quantitative estimate of drug-likeness (QED) is 0.604. The highest BCUT2D eigenvalue weighted by molar-refractivity contribution is 7.96. The second kappa shape index (κ2) is 4.74. The van der Waals surface area contributed by atoms with Crippen LogP contribution in [0.5, 0.6) is 0 Å². The van der Waals surface area contributed by atoms with Crippen LogP contribution in [0.25, 0.3) is 0 Å². The van der Waals surface area contributed by atoms with Gasteiger partial charge in [0.15, 0.2) is 0 Å². The summed E-state index contributed by atoms with van der Waals surface area (Å²) in [4.78, 5) is 10.8. The highest BCUT2D eigenvalue weighted by atomic mass is 32.1. The predicted octanol–water partition coefficient (Wildman–Crippen LogP) is 1.08. The van der Waals surface area contributed by atoms with Crippen LogP contribution in [0.2, 0.25) is 0 Å². The fourth-order valence-electron chi connectivity index (χ4n) is 0.887. The molecule has 0 aliphatic rings. The maximum atomic E-state index is 10.8. The Hall–Kier alpha value is -0.0200. The van der Waals surface area contributed by atoms with E-state index in [9.17, 15) is 4.79 Å². The summed E-state index contributed by atoms with van der Waals surface area (Å²) in [6.45, 7) is 4.10. The third kappa shape index (κ3) is 2.71. The van der Waals surface area contributed by atoms with Gasteiger partial charge in [-0.3, -0.25) is 4.79 Å². The summed E-state index contributed by atoms with van der Waals surface area (Å²) >= 11 is 3.77. The summed E-state index contributed by atoms with van der Waals surface area (Å²) < 4.78 is 0. The van der Waals surface area contributed by atoms with Gasteiger partial charge in [0, 0.05) is 0 Å². The molecule has 0 aromatic carbocycles. The van der Waals surface area contributed by atoms with Gasteiger partial charge in [-0.1, -0.05) is 20.3 Å². The fraction of sp³-hybridized carbons (Fsp3) is 0.857. The van der Waals surface area contributed by atoms with E-state index < -0.39 is 0 Å². The molecule has 0 rings (SSSR count). The van der Waals surface area contributed by atoms with Gasteiger partial charge in [-0.25, -0.2) is 0 Å². The van der Waals surface area contributed by atoms with Gasteiger partial charge in [-0.15, -0.1) is 12.6 Å². The summed E-state index contributed by atoms with van der Waals surface area (Å²) in [7, 11) is 1.78. The molecule has 3 heteroatoms. The van der Waals surface area contributed by atoms with Crippen LogP contribution in [0.3, 0.4) is 0 Å². The molecule has 0 aromatic rings. The van der Waals surface area contributed by atoms with Crippen molar-refractivity contribution in [1.29, 1.82) is 0 Å². The monoisotopic (exact) mass is 161 g/mol. The molecule has 10 heavy (non-hydrogen) atoms. The minimum absolute atomic E-state index is 0.0724. The van der Waals surface area contributed by atoms with Gasteiger partial charge in [0.05, 0.1) is 6.04 Å². The molecular weight excluding hydrogens is 146 g/mol. The second-order valence-corrected chi connectivity index (χ2v) is 2.93. The fourth-order valence-corrected chi connectivity index (χ4v) is 1.27. The first-order valence-corrected chi connectivity index (χ1v) is 3.98. The SMILES string of the molecule is CC[C@H](C)C(NC)C(=O)S. The Balaban J connectivity index is 3.92. The predicted molar refractivity (Wildman–Crippen MR) is 46.3 cm³/mol. The number of nitrogens with one attached hydrogen (secondary N) is 1. The third-order valence-electron chi connectivity index (χ3n) is 1.79. The Morgan fingerprint density at radius 2 is 2.20 bits per heavy atom. The van der Waals surface area contributed by atoms with Crippen LogP contribution >= 0.6 is 12.6 Å². The van der Waals surface area contributed by atoms with Crippen LogP contribution in [0.15, 0.2) is 0 Å². The molecular formula is C7H15NOS. The summed E-state index contributed by atoms with van der Waals surface area (Å²) in [5.74, 6) is 0.370. The Kier molecular flexibility index (Phi) is 4.73. The number of carbonyl (C=O) groups is 1. The van der Waals surface area contributed by atoms with E-state index in [4.69, 9.17) is 0 Å². The van der Waals surface area contributed by atoms with Crippen molar-refractivity contribution in [2.75, 3.05) is 7.05 Å². The summed E-state index contributed by atoms with van der Waals surface area (Å²) in [6, 6.07) is -0.0895. The van der Waals surface area contributed by atoms with Crippen molar-refractivity contribution in [3.8, 4) is 0 Å². The Labute approximate surface area is 67.8 Å². The molecule has 0 aliphatic carbocycles. The molecule has 0 amide bonds. The lowest BCUT2D eigenvalue weighted by molar-refractivity contribution is -0.113. The molecule has 0 fully saturated rings. The van der Waals surface area contributed by atoms with E-state index in [0.29, 0.717) is 5.92 Å². The van der Waals surface area contributed by atoms with E-state index in [2.05, 4.69) is 24.9 Å². The molecule has 0 saturated heterocycles. The van der Waals surface area contributed by atoms with Gasteiger partial charge in [0.2, 0.25) is 5.12 Å². The smallest absolute Gasteiger partial charge is 0.203 e. The molecule has 2 nitrogen and oxygen atoms in total. The molecule has 0 bridgehead atoms. The van der Waals surface area contributed by atoms with Gasteiger partial charge in [-0.05, 0) is 13.0 Å². The van der Waals surface area contributed by atoms with Crippen LogP contribution in [0.4, 0.5) is 0 Å². The zero-order valence-corrected chi connectivity index (χ0v) is 7.61. The maximum absolute atomic E-state index is 10.8. The average Bonchev–Trinajstić information content (AvgIpc) is 1.88. The highest BCUT2D eigenvalue weighted by Gasteiger charge is 2.18. The lowest BCUT2D eigenvalue weighted by Crippen LogP contribution is -2.36. The van der Waals surface area contributed by atoms with Crippen molar-refractivity contribution < 1.29 is 4.79 Å². The van der Waals surface area contributed by atoms with Crippen LogP contribution in [-0.2, 0) is 4.79 Å². The van der Waals surface area contributed by atoms with Crippen molar-refractivity contribution in [2.45, 2.75) is 26.3 Å². The van der Waals surface area contributed by atoms with E-state index in [-0.39, 0.29) is 11.2 Å². The molecule has 0 saturated carbocycles. The zero-order chi connectivity index (χ0) is 8.15. The molecule has 0 aromatic heterocycles. The minimum Gasteiger partial charge on any atom is -0.310 e. The van der Waals surface area contributed by atoms with Gasteiger partial charge >= 0.3 is 0 Å². The van der Waals surface area contributed by atoms with Crippen LogP contribution in [0, 0.1) is 5.92 Å². The molecule has 2 atom stereocenters. The topological polar surface area (TPSA) is 29.1 Å². The summed E-state index contributed by atoms with van der Waals surface area (Å²) in [5, 5.41) is 2.85. The number of rotatable bonds is 4. The van der Waals surface area contributed by atoms with Crippen molar-refractivity contribution in [1.82, 2.24) is 5.32 Å². The molecule has 0 radical (unpaired) electrons. The first-order chi connectivity index (χ1) is 4.63. The number of carbonyl (C=O) groups excluding carboxylic acids is 1. The standard InChI is InChI=1S/C7H15NOS/c1-4-5(2)6(8-3)7(9)10/h5-6,8H,4H2,1-3H3,(H,9,10)/t5-,6?/m0/s1. The van der Waals surface area contributed by atoms with E-state index in [1.165, 1.54) is 0 Å². The molecule has 0 aliphatic heterocycles. The summed E-state index contributed by atoms with van der Waals surface area (Å²) in [6.07, 6.45) is 0.998. The Morgan fingerprint density at radius 1 is 1.70 bits per heavy atom. The largest absolute Gasteiger partial charge is 0.310 e. The lowest BCUT2D eigenvalue weighted by atomic mass is 10.0. The summed E-state index contributed by atoms with van der Waals surface area (Å²) in [5.41, 5.74) is 0. The molecule has 60 valence electrons. The zero-order valence-electron chi connectivity index (χ0n) is 6.72. The van der Waals surface area contributed by atoms with Crippen LogP contribution in [0.1, 0.15) is 20.3 Å². The molecule has 1 N–H and O–H groups in total. The maximum Gasteiger partial charge on any atom is 0.203 e.